The molecule has 1 saturated heterocycles. The summed E-state index contributed by atoms with van der Waals surface area (Å²) in [6.45, 7) is 0.503. The highest BCUT2D eigenvalue weighted by Crippen LogP contribution is 2.05. The lowest BCUT2D eigenvalue weighted by atomic mass is 10.1. The van der Waals surface area contributed by atoms with Gasteiger partial charge in [-0.1, -0.05) is 4.49 Å². The van der Waals surface area contributed by atoms with Crippen LogP contribution in [0.4, 0.5) is 0 Å². The molecule has 1 aliphatic rings. The van der Waals surface area contributed by atoms with Crippen LogP contribution < -0.4 is 10.6 Å². The first kappa shape index (κ1) is 10.2. The maximum Gasteiger partial charge on any atom is 0.243 e. The van der Waals surface area contributed by atoms with E-state index < -0.39 is 0 Å². The second kappa shape index (κ2) is 4.45. The topological polar surface area (TPSA) is 84.0 Å². The van der Waals surface area contributed by atoms with E-state index in [2.05, 4.69) is 20.2 Å². The predicted molar refractivity (Wildman–Crippen MR) is 52.9 cm³/mol. The first-order valence-corrected chi connectivity index (χ1v) is 5.42. The number of nitrogens with zero attached hydrogens (tertiary/aromatic N) is 2. The van der Waals surface area contributed by atoms with Crippen LogP contribution in [0.1, 0.15) is 18.5 Å². The van der Waals surface area contributed by atoms with E-state index in [4.69, 9.17) is 0 Å². The molecule has 1 aliphatic heterocycles. The van der Waals surface area contributed by atoms with Gasteiger partial charge in [0.05, 0.1) is 11.7 Å². The Labute approximate surface area is 90.2 Å². The van der Waals surface area contributed by atoms with Gasteiger partial charge in [0.25, 0.3) is 0 Å². The lowest BCUT2D eigenvalue weighted by molar-refractivity contribution is -0.134. The zero-order chi connectivity index (χ0) is 10.7. The minimum absolute atomic E-state index is 0.201. The first-order chi connectivity index (χ1) is 7.25. The Bertz CT molecular complexity index is 365. The van der Waals surface area contributed by atoms with Gasteiger partial charge in [-0.05, 0) is 18.0 Å². The first-order valence-electron chi connectivity index (χ1n) is 4.59. The summed E-state index contributed by atoms with van der Waals surface area (Å²) in [5.41, 5.74) is 0.810. The number of hydrogen-bond donors (Lipinski definition) is 2. The molecule has 1 unspecified atom stereocenters. The molecule has 80 valence electrons. The smallest absolute Gasteiger partial charge is 0.243 e. The van der Waals surface area contributed by atoms with E-state index in [1.54, 1.807) is 0 Å². The second-order valence-corrected chi connectivity index (χ2v) is 3.89. The van der Waals surface area contributed by atoms with E-state index in [0.29, 0.717) is 19.4 Å². The number of amides is 2. The molecule has 0 aliphatic carbocycles. The summed E-state index contributed by atoms with van der Waals surface area (Å²) in [7, 11) is 0. The van der Waals surface area contributed by atoms with Crippen LogP contribution in [0.5, 0.6) is 0 Å². The van der Waals surface area contributed by atoms with Crippen LogP contribution >= 0.6 is 11.5 Å². The molecule has 1 fully saturated rings. The molecule has 0 spiro atoms. The number of hydrogen-bond acceptors (Lipinski definition) is 6. The molecule has 2 heterocycles. The molecule has 2 N–H and O–H groups in total. The SMILES string of the molecule is O=C1CCC(NCc2csnn2)C(=O)N1. The zero-order valence-electron chi connectivity index (χ0n) is 7.90. The highest BCUT2D eigenvalue weighted by Gasteiger charge is 2.25. The van der Waals surface area contributed by atoms with Crippen LogP contribution in [0, 0.1) is 0 Å². The fourth-order valence-electron chi connectivity index (χ4n) is 1.38. The van der Waals surface area contributed by atoms with E-state index in [1.165, 1.54) is 11.5 Å². The molecule has 2 amide bonds. The number of nitrogens with one attached hydrogen (secondary N) is 2. The van der Waals surface area contributed by atoms with Crippen molar-refractivity contribution in [2.45, 2.75) is 25.4 Å². The largest absolute Gasteiger partial charge is 0.300 e. The molecule has 1 atom stereocenters. The van der Waals surface area contributed by atoms with Crippen molar-refractivity contribution >= 4 is 23.3 Å². The van der Waals surface area contributed by atoms with Crippen LogP contribution in [0.25, 0.3) is 0 Å². The maximum absolute atomic E-state index is 11.3. The highest BCUT2D eigenvalue weighted by atomic mass is 32.1. The minimum Gasteiger partial charge on any atom is -0.300 e. The third-order valence-electron chi connectivity index (χ3n) is 2.17. The summed E-state index contributed by atoms with van der Waals surface area (Å²) in [5, 5.41) is 11.0. The quantitative estimate of drug-likeness (QED) is 0.674. The summed E-state index contributed by atoms with van der Waals surface area (Å²) in [6.07, 6.45) is 0.932. The Kier molecular flexibility index (Phi) is 3.02. The van der Waals surface area contributed by atoms with E-state index in [-0.39, 0.29) is 17.9 Å². The Morgan fingerprint density at radius 2 is 2.47 bits per heavy atom. The fraction of sp³-hybridized carbons (Fsp3) is 0.500. The molecule has 15 heavy (non-hydrogen) atoms. The lowest BCUT2D eigenvalue weighted by Gasteiger charge is -2.21. The van der Waals surface area contributed by atoms with Crippen LogP contribution in [-0.2, 0) is 16.1 Å². The molecule has 6 nitrogen and oxygen atoms in total. The molecule has 7 heteroatoms. The van der Waals surface area contributed by atoms with Crippen molar-refractivity contribution in [2.24, 2.45) is 0 Å². The summed E-state index contributed by atoms with van der Waals surface area (Å²) < 4.78 is 3.71. The average molecular weight is 226 g/mol. The normalized spacial score (nSPS) is 21.5. The number of rotatable bonds is 3. The number of carbonyl (C=O) groups is 2. The number of piperidine rings is 1. The molecule has 0 radical (unpaired) electrons. The van der Waals surface area contributed by atoms with Crippen molar-refractivity contribution in [3.63, 3.8) is 0 Å². The van der Waals surface area contributed by atoms with Crippen LogP contribution in [0.15, 0.2) is 5.38 Å². The van der Waals surface area contributed by atoms with Crippen molar-refractivity contribution in [3.8, 4) is 0 Å². The molecule has 0 bridgehead atoms. The zero-order valence-corrected chi connectivity index (χ0v) is 8.71. The van der Waals surface area contributed by atoms with Crippen molar-refractivity contribution in [3.05, 3.63) is 11.1 Å². The van der Waals surface area contributed by atoms with Gasteiger partial charge in [-0.3, -0.25) is 14.9 Å². The van der Waals surface area contributed by atoms with Crippen LogP contribution in [0.3, 0.4) is 0 Å². The van der Waals surface area contributed by atoms with E-state index in [9.17, 15) is 9.59 Å². The Morgan fingerprint density at radius 1 is 1.60 bits per heavy atom. The minimum atomic E-state index is -0.301. The molecule has 1 aromatic rings. The lowest BCUT2D eigenvalue weighted by Crippen LogP contribution is -2.50. The van der Waals surface area contributed by atoms with E-state index >= 15 is 0 Å². The summed E-state index contributed by atoms with van der Waals surface area (Å²) in [5.74, 6) is -0.456. The highest BCUT2D eigenvalue weighted by molar-refractivity contribution is 7.03. The summed E-state index contributed by atoms with van der Waals surface area (Å²) >= 11 is 1.27. The molecular weight excluding hydrogens is 216 g/mol. The van der Waals surface area contributed by atoms with Gasteiger partial charge in [0.15, 0.2) is 0 Å². The van der Waals surface area contributed by atoms with Crippen LogP contribution in [0.2, 0.25) is 0 Å². The van der Waals surface area contributed by atoms with Gasteiger partial charge in [-0.2, -0.15) is 0 Å². The van der Waals surface area contributed by atoms with E-state index in [1.807, 2.05) is 5.38 Å². The van der Waals surface area contributed by atoms with Gasteiger partial charge in [0.1, 0.15) is 0 Å². The Morgan fingerprint density at radius 3 is 3.13 bits per heavy atom. The van der Waals surface area contributed by atoms with Crippen molar-refractivity contribution < 1.29 is 9.59 Å². The summed E-state index contributed by atoms with van der Waals surface area (Å²) in [6, 6.07) is -0.301. The average Bonchev–Trinajstić information content (AvgIpc) is 2.69. The molecule has 0 saturated carbocycles. The van der Waals surface area contributed by atoms with Crippen molar-refractivity contribution in [1.82, 2.24) is 20.2 Å². The number of carbonyl (C=O) groups excluding carboxylic acids is 2. The standard InChI is InChI=1S/C8H10N4O2S/c13-7-2-1-6(8(14)10-7)9-3-5-4-15-12-11-5/h4,6,9H,1-3H2,(H,10,13,14). The van der Waals surface area contributed by atoms with Gasteiger partial charge >= 0.3 is 0 Å². The fourth-order valence-corrected chi connectivity index (χ4v) is 1.83. The third-order valence-corrected chi connectivity index (χ3v) is 2.73. The Balaban J connectivity index is 1.85. The van der Waals surface area contributed by atoms with Crippen LogP contribution in [-0.4, -0.2) is 27.4 Å². The van der Waals surface area contributed by atoms with Gasteiger partial charge in [0, 0.05) is 18.3 Å². The predicted octanol–water partition coefficient (Wildman–Crippen LogP) is -0.567. The molecule has 0 aromatic carbocycles. The van der Waals surface area contributed by atoms with Gasteiger partial charge in [-0.15, -0.1) is 5.10 Å². The van der Waals surface area contributed by atoms with Gasteiger partial charge in [-0.25, -0.2) is 0 Å². The number of imide groups is 1. The maximum atomic E-state index is 11.3. The second-order valence-electron chi connectivity index (χ2n) is 3.28. The molecule has 2 rings (SSSR count). The van der Waals surface area contributed by atoms with E-state index in [0.717, 1.165) is 5.69 Å². The molecular formula is C8H10N4O2S. The summed E-state index contributed by atoms with van der Waals surface area (Å²) in [4.78, 5) is 22.2. The van der Waals surface area contributed by atoms with Crippen molar-refractivity contribution in [1.29, 1.82) is 0 Å². The molecule has 1 aromatic heterocycles. The third kappa shape index (κ3) is 2.57. The van der Waals surface area contributed by atoms with Crippen molar-refractivity contribution in [2.75, 3.05) is 0 Å². The Hall–Kier alpha value is -1.34. The van der Waals surface area contributed by atoms with Gasteiger partial charge in [0.2, 0.25) is 11.8 Å². The monoisotopic (exact) mass is 226 g/mol. The number of aromatic nitrogens is 2. The van der Waals surface area contributed by atoms with Gasteiger partial charge < -0.3 is 5.32 Å².